The zero-order chi connectivity index (χ0) is 11.4. The van der Waals surface area contributed by atoms with Crippen LogP contribution in [-0.4, -0.2) is 31.4 Å². The van der Waals surface area contributed by atoms with Gasteiger partial charge in [0, 0.05) is 6.04 Å². The summed E-state index contributed by atoms with van der Waals surface area (Å²) >= 11 is 0. The molecule has 2 N–H and O–H groups in total. The number of hydrogen-bond acceptors (Lipinski definition) is 2. The van der Waals surface area contributed by atoms with Gasteiger partial charge in [-0.1, -0.05) is 6.92 Å². The normalized spacial score (nSPS) is 17.1. The zero-order valence-corrected chi connectivity index (χ0v) is 7.52. The Morgan fingerprint density at radius 2 is 1.79 bits per heavy atom. The zero-order valence-electron chi connectivity index (χ0n) is 7.52. The van der Waals surface area contributed by atoms with Gasteiger partial charge in [0.2, 0.25) is 0 Å². The van der Waals surface area contributed by atoms with Gasteiger partial charge in [-0.15, -0.1) is 0 Å². The summed E-state index contributed by atoms with van der Waals surface area (Å²) in [7, 11) is 0. The summed E-state index contributed by atoms with van der Waals surface area (Å²) in [5, 5.41) is 0. The van der Waals surface area contributed by atoms with Crippen LogP contribution in [0.15, 0.2) is 0 Å². The van der Waals surface area contributed by atoms with Crippen LogP contribution in [-0.2, 0) is 4.74 Å². The molecule has 0 heterocycles. The van der Waals surface area contributed by atoms with Crippen molar-refractivity contribution in [2.24, 2.45) is 5.73 Å². The Bertz CT molecular complexity index is 161. The molecule has 0 aromatic rings. The second-order valence-electron chi connectivity index (χ2n) is 2.76. The summed E-state index contributed by atoms with van der Waals surface area (Å²) < 4.78 is 63.7. The molecule has 0 rings (SSSR count). The minimum atomic E-state index is -4.70. The lowest BCUT2D eigenvalue weighted by atomic mass is 10.1. The van der Waals surface area contributed by atoms with Crippen molar-refractivity contribution in [3.05, 3.63) is 0 Å². The lowest BCUT2D eigenvalue weighted by Crippen LogP contribution is -2.47. The van der Waals surface area contributed by atoms with Gasteiger partial charge in [-0.3, -0.25) is 0 Å². The van der Waals surface area contributed by atoms with Crippen molar-refractivity contribution in [2.75, 3.05) is 6.61 Å². The van der Waals surface area contributed by atoms with Crippen molar-refractivity contribution < 1.29 is 26.7 Å². The molecule has 0 aromatic heterocycles. The van der Waals surface area contributed by atoms with Crippen molar-refractivity contribution in [3.8, 4) is 0 Å². The van der Waals surface area contributed by atoms with Gasteiger partial charge in [-0.25, -0.2) is 8.78 Å². The quantitative estimate of drug-likeness (QED) is 0.720. The topological polar surface area (TPSA) is 35.2 Å². The molecule has 0 radical (unpaired) electrons. The third-order valence-electron chi connectivity index (χ3n) is 1.58. The number of hydrogen-bond donors (Lipinski definition) is 1. The molecule has 0 aliphatic heterocycles. The van der Waals surface area contributed by atoms with Gasteiger partial charge in [0.15, 0.2) is 6.10 Å². The van der Waals surface area contributed by atoms with Gasteiger partial charge in [0.05, 0.1) is 0 Å². The molecular formula is C7H12F5NO. The lowest BCUT2D eigenvalue weighted by molar-refractivity contribution is -0.233. The highest BCUT2D eigenvalue weighted by molar-refractivity contribution is 4.79. The Kier molecular flexibility index (Phi) is 5.28. The predicted octanol–water partition coefficient (Wildman–Crippen LogP) is 1.94. The van der Waals surface area contributed by atoms with Crippen LogP contribution in [0, 0.1) is 0 Å². The summed E-state index contributed by atoms with van der Waals surface area (Å²) in [4.78, 5) is 0. The highest BCUT2D eigenvalue weighted by atomic mass is 19.4. The maximum Gasteiger partial charge on any atom is 0.416 e. The molecule has 0 bridgehead atoms. The second kappa shape index (κ2) is 5.45. The van der Waals surface area contributed by atoms with Crippen LogP contribution in [0.25, 0.3) is 0 Å². The van der Waals surface area contributed by atoms with E-state index in [4.69, 9.17) is 5.73 Å². The van der Waals surface area contributed by atoms with Crippen molar-refractivity contribution in [1.29, 1.82) is 0 Å². The molecule has 86 valence electrons. The number of alkyl halides is 5. The highest BCUT2D eigenvalue weighted by Gasteiger charge is 2.44. The summed E-state index contributed by atoms with van der Waals surface area (Å²) in [6, 6.07) is -1.31. The Morgan fingerprint density at radius 1 is 1.29 bits per heavy atom. The molecule has 0 saturated carbocycles. The first-order valence-corrected chi connectivity index (χ1v) is 4.01. The SMILES string of the molecule is CCC(N)C(OCC(F)F)C(F)(F)F. The average Bonchev–Trinajstić information content (AvgIpc) is 2.01. The van der Waals surface area contributed by atoms with Crippen LogP contribution < -0.4 is 5.73 Å². The molecule has 0 amide bonds. The minimum Gasteiger partial charge on any atom is -0.361 e. The Balaban J connectivity index is 4.26. The van der Waals surface area contributed by atoms with E-state index in [2.05, 4.69) is 4.74 Å². The largest absolute Gasteiger partial charge is 0.416 e. The lowest BCUT2D eigenvalue weighted by Gasteiger charge is -2.25. The molecule has 0 saturated heterocycles. The molecule has 0 aromatic carbocycles. The molecule has 2 nitrogen and oxygen atoms in total. The van der Waals surface area contributed by atoms with Gasteiger partial charge in [0.25, 0.3) is 6.43 Å². The maximum atomic E-state index is 12.2. The molecule has 7 heteroatoms. The standard InChI is InChI=1S/C7H12F5NO/c1-2-4(13)6(7(10,11)12)14-3-5(8)9/h4-6H,2-3,13H2,1H3. The number of ether oxygens (including phenoxy) is 1. The fraction of sp³-hybridized carbons (Fsp3) is 1.00. The van der Waals surface area contributed by atoms with Gasteiger partial charge in [0.1, 0.15) is 6.61 Å². The van der Waals surface area contributed by atoms with E-state index in [-0.39, 0.29) is 6.42 Å². The van der Waals surface area contributed by atoms with Gasteiger partial charge in [-0.05, 0) is 6.42 Å². The number of rotatable bonds is 5. The summed E-state index contributed by atoms with van der Waals surface area (Å²) in [6.45, 7) is 0.174. The van der Waals surface area contributed by atoms with E-state index in [0.29, 0.717) is 0 Å². The third-order valence-corrected chi connectivity index (χ3v) is 1.58. The monoisotopic (exact) mass is 221 g/mol. The van der Waals surface area contributed by atoms with Crippen molar-refractivity contribution in [2.45, 2.75) is 38.1 Å². The predicted molar refractivity (Wildman–Crippen MR) is 40.1 cm³/mol. The molecule has 2 unspecified atom stereocenters. The molecule has 0 fully saturated rings. The Morgan fingerprint density at radius 3 is 2.07 bits per heavy atom. The molecule has 0 aliphatic carbocycles. The van der Waals surface area contributed by atoms with Gasteiger partial charge < -0.3 is 10.5 Å². The van der Waals surface area contributed by atoms with E-state index >= 15 is 0 Å². The molecule has 14 heavy (non-hydrogen) atoms. The second-order valence-corrected chi connectivity index (χ2v) is 2.76. The van der Waals surface area contributed by atoms with E-state index in [9.17, 15) is 22.0 Å². The van der Waals surface area contributed by atoms with Crippen molar-refractivity contribution >= 4 is 0 Å². The number of nitrogens with two attached hydrogens (primary N) is 1. The first-order valence-electron chi connectivity index (χ1n) is 4.01. The fourth-order valence-electron chi connectivity index (χ4n) is 0.851. The maximum absolute atomic E-state index is 12.2. The van der Waals surface area contributed by atoms with E-state index in [1.165, 1.54) is 6.92 Å². The molecule has 0 spiro atoms. The average molecular weight is 221 g/mol. The summed E-state index contributed by atoms with van der Waals surface area (Å²) in [5.74, 6) is 0. The molecule has 2 atom stereocenters. The minimum absolute atomic E-state index is 0.00736. The van der Waals surface area contributed by atoms with Crippen LogP contribution in [0.3, 0.4) is 0 Å². The van der Waals surface area contributed by atoms with Gasteiger partial charge >= 0.3 is 6.18 Å². The number of halogens is 5. The van der Waals surface area contributed by atoms with E-state index < -0.39 is 31.4 Å². The van der Waals surface area contributed by atoms with Gasteiger partial charge in [-0.2, -0.15) is 13.2 Å². The van der Waals surface area contributed by atoms with Crippen LogP contribution in [0.5, 0.6) is 0 Å². The van der Waals surface area contributed by atoms with Crippen LogP contribution in [0.1, 0.15) is 13.3 Å². The Labute approximate surface area is 78.2 Å². The van der Waals surface area contributed by atoms with Crippen molar-refractivity contribution in [3.63, 3.8) is 0 Å². The third kappa shape index (κ3) is 4.71. The summed E-state index contributed by atoms with van der Waals surface area (Å²) in [6.07, 6.45) is -9.94. The van der Waals surface area contributed by atoms with Crippen LogP contribution >= 0.6 is 0 Å². The van der Waals surface area contributed by atoms with Crippen LogP contribution in [0.4, 0.5) is 22.0 Å². The summed E-state index contributed by atoms with van der Waals surface area (Å²) in [5.41, 5.74) is 5.10. The van der Waals surface area contributed by atoms with E-state index in [0.717, 1.165) is 0 Å². The molecule has 0 aliphatic rings. The first-order chi connectivity index (χ1) is 6.29. The van der Waals surface area contributed by atoms with Crippen LogP contribution in [0.2, 0.25) is 0 Å². The fourth-order valence-corrected chi connectivity index (χ4v) is 0.851. The van der Waals surface area contributed by atoms with E-state index in [1.807, 2.05) is 0 Å². The first kappa shape index (κ1) is 13.6. The van der Waals surface area contributed by atoms with Crippen molar-refractivity contribution in [1.82, 2.24) is 0 Å². The Hall–Kier alpha value is -0.430. The molecular weight excluding hydrogens is 209 g/mol. The van der Waals surface area contributed by atoms with E-state index in [1.54, 1.807) is 0 Å². The smallest absolute Gasteiger partial charge is 0.361 e. The highest BCUT2D eigenvalue weighted by Crippen LogP contribution is 2.26.